The van der Waals surface area contributed by atoms with Gasteiger partial charge in [0.15, 0.2) is 5.95 Å². The lowest BCUT2D eigenvalue weighted by atomic mass is 10.1. The van der Waals surface area contributed by atoms with Crippen LogP contribution in [0.25, 0.3) is 5.69 Å². The van der Waals surface area contributed by atoms with Gasteiger partial charge < -0.3 is 19.7 Å². The third kappa shape index (κ3) is 5.23. The van der Waals surface area contributed by atoms with E-state index in [1.807, 2.05) is 0 Å². The van der Waals surface area contributed by atoms with Gasteiger partial charge >= 0.3 is 6.18 Å². The maximum Gasteiger partial charge on any atom is 0.418 e. The van der Waals surface area contributed by atoms with Gasteiger partial charge in [-0.3, -0.25) is 4.79 Å². The first-order valence-corrected chi connectivity index (χ1v) is 9.93. The molecular weight excluding hydrogens is 459 g/mol. The summed E-state index contributed by atoms with van der Waals surface area (Å²) in [6.45, 7) is 1.44. The maximum absolute atomic E-state index is 13.2. The van der Waals surface area contributed by atoms with E-state index in [2.05, 4.69) is 10.6 Å². The lowest BCUT2D eigenvalue weighted by molar-refractivity contribution is -0.705. The van der Waals surface area contributed by atoms with Gasteiger partial charge in [0.05, 0.1) is 28.9 Å². The van der Waals surface area contributed by atoms with E-state index in [0.717, 1.165) is 23.9 Å². The molecular formula is C19H15ClF3N3O4S. The second-order valence-electron chi connectivity index (χ2n) is 6.21. The number of amides is 1. The summed E-state index contributed by atoms with van der Waals surface area (Å²) < 4.78 is 50.7. The Labute approximate surface area is 183 Å². The van der Waals surface area contributed by atoms with Gasteiger partial charge in [0.2, 0.25) is 11.6 Å². The average Bonchev–Trinajstić information content (AvgIpc) is 3.08. The highest BCUT2D eigenvalue weighted by Gasteiger charge is 2.35. The minimum absolute atomic E-state index is 0.0139. The molecule has 1 unspecified atom stereocenters. The van der Waals surface area contributed by atoms with Crippen LogP contribution in [0.5, 0.6) is 11.7 Å². The van der Waals surface area contributed by atoms with Crippen LogP contribution < -0.4 is 19.8 Å². The number of thioether (sulfide) groups is 1. The highest BCUT2D eigenvalue weighted by atomic mass is 35.5. The molecule has 7 nitrogen and oxygen atoms in total. The minimum atomic E-state index is -4.71. The van der Waals surface area contributed by atoms with Crippen molar-refractivity contribution in [1.29, 1.82) is 0 Å². The number of halogens is 4. The van der Waals surface area contributed by atoms with Crippen molar-refractivity contribution in [2.75, 3.05) is 12.4 Å². The summed E-state index contributed by atoms with van der Waals surface area (Å²) in [6.07, 6.45) is -4.71. The third-order valence-corrected chi connectivity index (χ3v) is 5.46. The number of aromatic nitrogens is 2. The number of benzene rings is 2. The molecule has 1 heterocycles. The summed E-state index contributed by atoms with van der Waals surface area (Å²) in [5, 5.41) is 16.9. The van der Waals surface area contributed by atoms with Gasteiger partial charge in [0, 0.05) is 17.2 Å². The molecule has 1 aromatic heterocycles. The zero-order valence-corrected chi connectivity index (χ0v) is 17.6. The molecule has 0 aliphatic heterocycles. The Morgan fingerprint density at radius 2 is 1.97 bits per heavy atom. The molecule has 31 heavy (non-hydrogen) atoms. The number of carbonyl (C=O) groups excluding carboxylic acids is 1. The highest BCUT2D eigenvalue weighted by Crippen LogP contribution is 2.37. The van der Waals surface area contributed by atoms with E-state index in [4.69, 9.17) is 20.9 Å². The molecule has 0 fully saturated rings. The number of anilines is 1. The quantitative estimate of drug-likeness (QED) is 0.432. The molecule has 0 spiro atoms. The van der Waals surface area contributed by atoms with E-state index >= 15 is 0 Å². The van der Waals surface area contributed by atoms with E-state index in [0.29, 0.717) is 11.4 Å². The number of methoxy groups -OCH3 is 1. The van der Waals surface area contributed by atoms with Crippen LogP contribution in [0.15, 0.2) is 52.0 Å². The smallest absolute Gasteiger partial charge is 0.418 e. The lowest BCUT2D eigenvalue weighted by Crippen LogP contribution is -2.36. The van der Waals surface area contributed by atoms with Crippen molar-refractivity contribution < 1.29 is 37.0 Å². The predicted octanol–water partition coefficient (Wildman–Crippen LogP) is 3.83. The summed E-state index contributed by atoms with van der Waals surface area (Å²) in [6, 6.07) is 9.56. The fourth-order valence-corrected chi connectivity index (χ4v) is 3.59. The molecule has 1 amide bonds. The zero-order chi connectivity index (χ0) is 22.8. The molecule has 164 valence electrons. The second kappa shape index (κ2) is 9.06. The molecule has 2 aromatic carbocycles. The van der Waals surface area contributed by atoms with Crippen LogP contribution in [0.2, 0.25) is 5.02 Å². The third-order valence-electron chi connectivity index (χ3n) is 4.09. The van der Waals surface area contributed by atoms with E-state index in [1.165, 1.54) is 24.8 Å². The summed E-state index contributed by atoms with van der Waals surface area (Å²) in [7, 11) is 1.50. The number of hydrogen-bond donors (Lipinski definition) is 1. The molecule has 0 bridgehead atoms. The normalized spacial score (nSPS) is 12.5. The molecule has 1 N–H and O–H groups in total. The van der Waals surface area contributed by atoms with Crippen LogP contribution in [-0.2, 0) is 11.0 Å². The first kappa shape index (κ1) is 22.8. The SMILES string of the molecule is COc1ccc(-[n+]2noc([O-])c2SC(C)C(=O)Nc2ccc(Cl)cc2C(F)(F)F)cc1. The van der Waals surface area contributed by atoms with E-state index in [-0.39, 0.29) is 10.0 Å². The van der Waals surface area contributed by atoms with Gasteiger partial charge in [0.25, 0.3) is 5.03 Å². The Morgan fingerprint density at radius 3 is 2.58 bits per heavy atom. The molecule has 12 heteroatoms. The van der Waals surface area contributed by atoms with Crippen molar-refractivity contribution >= 4 is 35.0 Å². The van der Waals surface area contributed by atoms with Gasteiger partial charge in [-0.1, -0.05) is 11.6 Å². The van der Waals surface area contributed by atoms with Crippen molar-refractivity contribution in [1.82, 2.24) is 5.27 Å². The maximum atomic E-state index is 13.2. The topological polar surface area (TPSA) is 91.3 Å². The second-order valence-corrected chi connectivity index (χ2v) is 7.98. The van der Waals surface area contributed by atoms with Crippen LogP contribution in [-0.4, -0.2) is 23.5 Å². The molecule has 1 atom stereocenters. The summed E-state index contributed by atoms with van der Waals surface area (Å²) in [5.41, 5.74) is -1.04. The first-order valence-electron chi connectivity index (χ1n) is 8.68. The van der Waals surface area contributed by atoms with Crippen molar-refractivity contribution in [2.45, 2.75) is 23.4 Å². The van der Waals surface area contributed by atoms with Crippen molar-refractivity contribution in [3.05, 3.63) is 53.1 Å². The fourth-order valence-electron chi connectivity index (χ4n) is 2.54. The Balaban J connectivity index is 1.81. The molecule has 0 saturated heterocycles. The van der Waals surface area contributed by atoms with Crippen LogP contribution in [0.3, 0.4) is 0 Å². The van der Waals surface area contributed by atoms with Crippen molar-refractivity contribution in [2.24, 2.45) is 0 Å². The Kier molecular flexibility index (Phi) is 6.65. The van der Waals surface area contributed by atoms with Gasteiger partial charge in [0.1, 0.15) is 5.75 Å². The molecule has 0 saturated carbocycles. The highest BCUT2D eigenvalue weighted by molar-refractivity contribution is 8.00. The standard InChI is InChI=1S/C19H15ClF3N3O4S/c1-10(16(27)24-15-8-3-11(20)9-14(15)19(21,22)23)31-17-18(28)30-25-26(17)12-4-6-13(29-2)7-5-12/h3-10H,1-2H3,(H-,24,25,27,28). The molecule has 0 radical (unpaired) electrons. The molecule has 0 aliphatic carbocycles. The molecule has 0 aliphatic rings. The largest absolute Gasteiger partial charge is 0.538 e. The number of nitrogens with one attached hydrogen (secondary N) is 1. The predicted molar refractivity (Wildman–Crippen MR) is 104 cm³/mol. The number of hydrogen-bond acceptors (Lipinski definition) is 6. The van der Waals surface area contributed by atoms with Crippen LogP contribution in [0.1, 0.15) is 12.5 Å². The first-order chi connectivity index (χ1) is 14.6. The number of ether oxygens (including phenoxy) is 1. The number of rotatable bonds is 6. The van der Waals surface area contributed by atoms with Gasteiger partial charge in [-0.05, 0) is 53.7 Å². The number of carbonyl (C=O) groups is 1. The van der Waals surface area contributed by atoms with E-state index < -0.39 is 34.5 Å². The van der Waals surface area contributed by atoms with Crippen molar-refractivity contribution in [3.8, 4) is 17.4 Å². The van der Waals surface area contributed by atoms with Crippen LogP contribution >= 0.6 is 23.4 Å². The van der Waals surface area contributed by atoms with Gasteiger partial charge in [-0.2, -0.15) is 13.2 Å². The van der Waals surface area contributed by atoms with E-state index in [9.17, 15) is 23.1 Å². The minimum Gasteiger partial charge on any atom is -0.538 e. The summed E-state index contributed by atoms with van der Waals surface area (Å²) in [5.74, 6) is -0.955. The Hall–Kier alpha value is -2.92. The number of nitrogens with zero attached hydrogens (tertiary/aromatic N) is 2. The average molecular weight is 474 g/mol. The molecule has 3 aromatic rings. The van der Waals surface area contributed by atoms with E-state index in [1.54, 1.807) is 24.3 Å². The lowest BCUT2D eigenvalue weighted by Gasteiger charge is -2.16. The summed E-state index contributed by atoms with van der Waals surface area (Å²) >= 11 is 6.45. The Bertz CT molecular complexity index is 1090. The molecule has 3 rings (SSSR count). The fraction of sp³-hybridized carbons (Fsp3) is 0.211. The van der Waals surface area contributed by atoms with Crippen LogP contribution in [0, 0.1) is 0 Å². The van der Waals surface area contributed by atoms with Gasteiger partial charge in [-0.25, -0.2) is 0 Å². The van der Waals surface area contributed by atoms with Crippen molar-refractivity contribution in [3.63, 3.8) is 0 Å². The monoisotopic (exact) mass is 473 g/mol. The zero-order valence-electron chi connectivity index (χ0n) is 16.1. The van der Waals surface area contributed by atoms with Gasteiger partial charge in [-0.15, -0.1) is 0 Å². The van der Waals surface area contributed by atoms with Crippen LogP contribution in [0.4, 0.5) is 18.9 Å². The Morgan fingerprint density at radius 1 is 1.29 bits per heavy atom. The number of alkyl halides is 3. The summed E-state index contributed by atoms with van der Waals surface area (Å²) in [4.78, 5) is 12.5.